The largest absolute Gasteiger partial charge is 0.493 e. The minimum atomic E-state index is -0.0650. The number of rotatable bonds is 5. The first-order valence-electron chi connectivity index (χ1n) is 9.97. The van der Waals surface area contributed by atoms with E-state index in [-0.39, 0.29) is 10.8 Å². The summed E-state index contributed by atoms with van der Waals surface area (Å²) < 4.78 is 7.98. The molecule has 2 aromatic heterocycles. The average Bonchev–Trinajstić information content (AvgIpc) is 3.28. The molecule has 0 aliphatic heterocycles. The third-order valence-electron chi connectivity index (χ3n) is 4.93. The zero-order valence-corrected chi connectivity index (χ0v) is 19.2. The molecular weight excluding hydrogens is 380 g/mol. The predicted octanol–water partition coefficient (Wildman–Crippen LogP) is 6.41. The fourth-order valence-electron chi connectivity index (χ4n) is 3.27. The monoisotopic (exact) mass is 410 g/mol. The van der Waals surface area contributed by atoms with Crippen molar-refractivity contribution in [3.05, 3.63) is 52.7 Å². The first-order chi connectivity index (χ1) is 13.6. The van der Waals surface area contributed by atoms with E-state index in [1.54, 1.807) is 6.07 Å². The van der Waals surface area contributed by atoms with Crippen LogP contribution in [0.15, 0.2) is 35.8 Å². The molecule has 2 heterocycles. The fourth-order valence-corrected chi connectivity index (χ4v) is 4.10. The lowest BCUT2D eigenvalue weighted by atomic mass is 9.78. The molecule has 0 fully saturated rings. The Bertz CT molecular complexity index is 1020. The second-order valence-electron chi connectivity index (χ2n) is 9.27. The number of nitrogens with zero attached hydrogens (tertiary/aromatic N) is 2. The minimum Gasteiger partial charge on any atom is -0.493 e. The van der Waals surface area contributed by atoms with E-state index >= 15 is 0 Å². The minimum absolute atomic E-state index is 0.00343. The number of aromatic nitrogens is 2. The van der Waals surface area contributed by atoms with Gasteiger partial charge in [0.15, 0.2) is 11.4 Å². The normalized spacial score (nSPS) is 12.2. The van der Waals surface area contributed by atoms with Crippen LogP contribution in [-0.2, 0) is 10.8 Å². The molecule has 0 unspecified atom stereocenters. The van der Waals surface area contributed by atoms with E-state index in [4.69, 9.17) is 9.72 Å². The Morgan fingerprint density at radius 3 is 2.45 bits per heavy atom. The van der Waals surface area contributed by atoms with Crippen molar-refractivity contribution in [2.45, 2.75) is 59.3 Å². The van der Waals surface area contributed by atoms with Crippen LogP contribution < -0.4 is 4.74 Å². The molecular formula is C24H30N2O2S. The molecule has 3 aromatic rings. The van der Waals surface area contributed by atoms with Crippen molar-refractivity contribution in [1.82, 2.24) is 9.55 Å². The van der Waals surface area contributed by atoms with Crippen molar-refractivity contribution >= 4 is 17.6 Å². The van der Waals surface area contributed by atoms with Crippen LogP contribution in [0, 0.1) is 0 Å². The quantitative estimate of drug-likeness (QED) is 0.457. The maximum atomic E-state index is 11.3. The Morgan fingerprint density at radius 2 is 1.86 bits per heavy atom. The van der Waals surface area contributed by atoms with Crippen LogP contribution in [0.1, 0.15) is 70.1 Å². The van der Waals surface area contributed by atoms with E-state index in [0.29, 0.717) is 12.3 Å². The number of carbonyl (C=O) groups excluding carboxylic acids is 1. The molecule has 0 saturated heterocycles. The first-order valence-corrected chi connectivity index (χ1v) is 10.8. The number of aldehydes is 1. The second kappa shape index (κ2) is 7.79. The summed E-state index contributed by atoms with van der Waals surface area (Å²) in [6, 6.07) is 8.12. The van der Waals surface area contributed by atoms with E-state index in [1.807, 2.05) is 29.1 Å². The molecule has 154 valence electrons. The van der Waals surface area contributed by atoms with Gasteiger partial charge in [0, 0.05) is 22.7 Å². The highest BCUT2D eigenvalue weighted by Crippen LogP contribution is 2.43. The zero-order chi connectivity index (χ0) is 21.4. The smallest absolute Gasteiger partial charge is 0.194 e. The van der Waals surface area contributed by atoms with Gasteiger partial charge in [-0.2, -0.15) is 0 Å². The molecule has 29 heavy (non-hydrogen) atoms. The van der Waals surface area contributed by atoms with Gasteiger partial charge in [-0.15, -0.1) is 11.3 Å². The molecule has 0 aliphatic rings. The Hall–Kier alpha value is -2.40. The number of benzene rings is 1. The molecule has 0 bridgehead atoms. The van der Waals surface area contributed by atoms with Crippen LogP contribution in [0.3, 0.4) is 0 Å². The van der Waals surface area contributed by atoms with Crippen LogP contribution in [0.25, 0.3) is 16.4 Å². The van der Waals surface area contributed by atoms with E-state index < -0.39 is 0 Å². The standard InChI is InChI=1S/C24H30N2O2S/c1-8-28-21-18(12-16(23(2,3)4)13-19(21)24(5,6)7)20-15-29-22(25-20)26-11-9-10-17(26)14-27/h9-15H,8H2,1-7H3. The van der Waals surface area contributed by atoms with Gasteiger partial charge in [-0.1, -0.05) is 47.6 Å². The highest BCUT2D eigenvalue weighted by Gasteiger charge is 2.27. The van der Waals surface area contributed by atoms with Gasteiger partial charge in [0.25, 0.3) is 0 Å². The van der Waals surface area contributed by atoms with Gasteiger partial charge in [-0.05, 0) is 41.5 Å². The van der Waals surface area contributed by atoms with Crippen LogP contribution in [0.5, 0.6) is 5.75 Å². The Labute approximate surface area is 177 Å². The van der Waals surface area contributed by atoms with E-state index in [1.165, 1.54) is 22.5 Å². The Kier molecular flexibility index (Phi) is 5.72. The van der Waals surface area contributed by atoms with Crippen LogP contribution >= 0.6 is 11.3 Å². The molecule has 4 nitrogen and oxygen atoms in total. The van der Waals surface area contributed by atoms with Gasteiger partial charge in [0.1, 0.15) is 5.75 Å². The number of carbonyl (C=O) groups is 1. The average molecular weight is 411 g/mol. The number of hydrogen-bond acceptors (Lipinski definition) is 4. The number of thiazole rings is 1. The van der Waals surface area contributed by atoms with E-state index in [2.05, 4.69) is 53.7 Å². The molecule has 1 aromatic carbocycles. The SMILES string of the molecule is CCOc1c(-c2csc(-n3cccc3C=O)n2)cc(C(C)(C)C)cc1C(C)(C)C. The molecule has 5 heteroatoms. The predicted molar refractivity (Wildman–Crippen MR) is 121 cm³/mol. The van der Waals surface area contributed by atoms with Gasteiger partial charge >= 0.3 is 0 Å². The first kappa shape index (κ1) is 21.3. The van der Waals surface area contributed by atoms with Crippen molar-refractivity contribution in [3.8, 4) is 22.1 Å². The van der Waals surface area contributed by atoms with Crippen LogP contribution in [0.4, 0.5) is 0 Å². The molecule has 0 radical (unpaired) electrons. The Balaban J connectivity index is 2.24. The van der Waals surface area contributed by atoms with Crippen molar-refractivity contribution in [3.63, 3.8) is 0 Å². The summed E-state index contributed by atoms with van der Waals surface area (Å²) in [5.41, 5.74) is 4.85. The topological polar surface area (TPSA) is 44.1 Å². The van der Waals surface area contributed by atoms with E-state index in [0.717, 1.165) is 28.4 Å². The molecule has 0 saturated carbocycles. The molecule has 0 spiro atoms. The van der Waals surface area contributed by atoms with Crippen LogP contribution in [-0.4, -0.2) is 22.4 Å². The third-order valence-corrected chi connectivity index (χ3v) is 5.77. The van der Waals surface area contributed by atoms with Crippen molar-refractivity contribution in [2.75, 3.05) is 6.61 Å². The molecule has 3 rings (SSSR count). The number of ether oxygens (including phenoxy) is 1. The maximum Gasteiger partial charge on any atom is 0.194 e. The van der Waals surface area contributed by atoms with Gasteiger partial charge in [0.05, 0.1) is 18.0 Å². The lowest BCUT2D eigenvalue weighted by molar-refractivity contribution is 0.111. The Morgan fingerprint density at radius 1 is 1.14 bits per heavy atom. The molecule has 0 N–H and O–H groups in total. The molecule has 0 amide bonds. The third kappa shape index (κ3) is 4.30. The summed E-state index contributed by atoms with van der Waals surface area (Å²) in [6.45, 7) is 15.9. The summed E-state index contributed by atoms with van der Waals surface area (Å²) in [4.78, 5) is 16.2. The van der Waals surface area contributed by atoms with Gasteiger partial charge < -0.3 is 4.74 Å². The summed E-state index contributed by atoms with van der Waals surface area (Å²) in [6.07, 6.45) is 2.71. The lowest BCUT2D eigenvalue weighted by Crippen LogP contribution is -2.18. The summed E-state index contributed by atoms with van der Waals surface area (Å²) in [7, 11) is 0. The van der Waals surface area contributed by atoms with Gasteiger partial charge in [-0.25, -0.2) is 4.98 Å². The van der Waals surface area contributed by atoms with Crippen molar-refractivity contribution in [1.29, 1.82) is 0 Å². The molecule has 0 atom stereocenters. The number of hydrogen-bond donors (Lipinski definition) is 0. The van der Waals surface area contributed by atoms with E-state index in [9.17, 15) is 4.79 Å². The maximum absolute atomic E-state index is 11.3. The summed E-state index contributed by atoms with van der Waals surface area (Å²) >= 11 is 1.52. The summed E-state index contributed by atoms with van der Waals surface area (Å²) in [5.74, 6) is 0.896. The van der Waals surface area contributed by atoms with Crippen LogP contribution in [0.2, 0.25) is 0 Å². The highest BCUT2D eigenvalue weighted by molar-refractivity contribution is 7.12. The molecule has 0 aliphatic carbocycles. The van der Waals surface area contributed by atoms with Crippen molar-refractivity contribution in [2.24, 2.45) is 0 Å². The fraction of sp³-hybridized carbons (Fsp3) is 0.417. The van der Waals surface area contributed by atoms with Gasteiger partial charge in [0.2, 0.25) is 0 Å². The second-order valence-corrected chi connectivity index (χ2v) is 10.1. The van der Waals surface area contributed by atoms with Crippen molar-refractivity contribution < 1.29 is 9.53 Å². The summed E-state index contributed by atoms with van der Waals surface area (Å²) in [5, 5.41) is 2.81. The van der Waals surface area contributed by atoms with Gasteiger partial charge in [-0.3, -0.25) is 9.36 Å². The lowest BCUT2D eigenvalue weighted by Gasteiger charge is -2.29. The zero-order valence-electron chi connectivity index (χ0n) is 18.4. The highest BCUT2D eigenvalue weighted by atomic mass is 32.1.